The first-order valence-electron chi connectivity index (χ1n) is 8.14. The lowest BCUT2D eigenvalue weighted by molar-refractivity contribution is -0.274. The Morgan fingerprint density at radius 3 is 2.57 bits per heavy atom. The van der Waals surface area contributed by atoms with E-state index >= 15 is 0 Å². The molecule has 0 aliphatic carbocycles. The number of rotatable bonds is 8. The van der Waals surface area contributed by atoms with Gasteiger partial charge in [0.05, 0.1) is 25.9 Å². The van der Waals surface area contributed by atoms with Crippen LogP contribution in [-0.4, -0.2) is 37.8 Å². The van der Waals surface area contributed by atoms with Crippen LogP contribution in [0.3, 0.4) is 0 Å². The number of hydrogen-bond donors (Lipinski definition) is 3. The molecule has 0 saturated heterocycles. The zero-order chi connectivity index (χ0) is 20.6. The van der Waals surface area contributed by atoms with Crippen LogP contribution in [0, 0.1) is 0 Å². The predicted molar refractivity (Wildman–Crippen MR) is 97.6 cm³/mol. The van der Waals surface area contributed by atoms with Crippen molar-refractivity contribution in [2.24, 2.45) is 10.7 Å². The highest BCUT2D eigenvalue weighted by molar-refractivity contribution is 5.93. The van der Waals surface area contributed by atoms with Crippen molar-refractivity contribution in [2.75, 3.05) is 25.6 Å². The van der Waals surface area contributed by atoms with Gasteiger partial charge in [0.15, 0.2) is 23.2 Å². The number of benzene rings is 2. The molecule has 4 N–H and O–H groups in total. The van der Waals surface area contributed by atoms with Crippen LogP contribution in [-0.2, 0) is 6.54 Å². The highest BCUT2D eigenvalue weighted by Gasteiger charge is 2.32. The number of nitrogens with one attached hydrogen (secondary N) is 1. The van der Waals surface area contributed by atoms with Gasteiger partial charge in [0.2, 0.25) is 0 Å². The number of aliphatic imine (C=N–C) groups is 1. The molecule has 0 aromatic heterocycles. The maximum Gasteiger partial charge on any atom is 0.573 e. The molecule has 7 nitrogen and oxygen atoms in total. The molecule has 0 atom stereocenters. The summed E-state index contributed by atoms with van der Waals surface area (Å²) in [5.74, 6) is 0.420. The van der Waals surface area contributed by atoms with Gasteiger partial charge in [-0.25, -0.2) is 4.99 Å². The van der Waals surface area contributed by atoms with E-state index in [1.807, 2.05) is 0 Å². The number of methoxy groups -OCH3 is 1. The summed E-state index contributed by atoms with van der Waals surface area (Å²) in [6, 6.07) is 10.6. The molecular formula is C18H20F3N3O4. The smallest absolute Gasteiger partial charge is 0.493 e. The number of ether oxygens (including phenoxy) is 3. The molecule has 0 amide bonds. The summed E-state index contributed by atoms with van der Waals surface area (Å²) >= 11 is 0. The maximum absolute atomic E-state index is 12.5. The fourth-order valence-corrected chi connectivity index (χ4v) is 2.22. The summed E-state index contributed by atoms with van der Waals surface area (Å²) in [4.78, 5) is 4.10. The number of para-hydroxylation sites is 2. The van der Waals surface area contributed by atoms with Crippen molar-refractivity contribution in [2.45, 2.75) is 12.9 Å². The molecule has 0 fully saturated rings. The van der Waals surface area contributed by atoms with E-state index in [9.17, 15) is 13.2 Å². The van der Waals surface area contributed by atoms with E-state index in [0.29, 0.717) is 11.5 Å². The Kier molecular flexibility index (Phi) is 7.33. The average Bonchev–Trinajstić information content (AvgIpc) is 2.65. The molecule has 0 unspecified atom stereocenters. The monoisotopic (exact) mass is 399 g/mol. The van der Waals surface area contributed by atoms with Crippen LogP contribution in [0.15, 0.2) is 47.5 Å². The molecule has 0 radical (unpaired) electrons. The Bertz CT molecular complexity index is 813. The maximum atomic E-state index is 12.5. The van der Waals surface area contributed by atoms with E-state index in [0.717, 1.165) is 5.56 Å². The van der Waals surface area contributed by atoms with Crippen LogP contribution in [0.5, 0.6) is 17.2 Å². The Labute approximate surface area is 159 Å². The topological polar surface area (TPSA) is 98.3 Å². The molecule has 152 valence electrons. The fourth-order valence-electron chi connectivity index (χ4n) is 2.22. The molecule has 28 heavy (non-hydrogen) atoms. The van der Waals surface area contributed by atoms with Gasteiger partial charge in [-0.1, -0.05) is 18.2 Å². The number of hydrogen-bond acceptors (Lipinski definition) is 5. The van der Waals surface area contributed by atoms with E-state index in [1.54, 1.807) is 18.2 Å². The van der Waals surface area contributed by atoms with Crippen LogP contribution in [0.2, 0.25) is 0 Å². The van der Waals surface area contributed by atoms with E-state index in [-0.39, 0.29) is 31.4 Å². The third-order valence-electron chi connectivity index (χ3n) is 3.38. The second-order valence-electron chi connectivity index (χ2n) is 5.43. The molecule has 2 aromatic carbocycles. The van der Waals surface area contributed by atoms with Gasteiger partial charge >= 0.3 is 6.36 Å². The fraction of sp³-hybridized carbons (Fsp3) is 0.278. The van der Waals surface area contributed by atoms with Gasteiger partial charge in [-0.05, 0) is 29.8 Å². The van der Waals surface area contributed by atoms with Crippen molar-refractivity contribution in [1.29, 1.82) is 0 Å². The number of alkyl halides is 3. The standard InChI is InChI=1S/C18H20F3N3O4/c1-26-16-10-12(6-7-15(16)27-9-8-25)11-23-17(22)24-13-4-2-3-5-14(13)28-18(19,20)21/h2-7,10,25H,8-9,11H2,1H3,(H3,22,23,24). The van der Waals surface area contributed by atoms with Gasteiger partial charge in [0, 0.05) is 0 Å². The quantitative estimate of drug-likeness (QED) is 0.466. The Morgan fingerprint density at radius 2 is 1.89 bits per heavy atom. The highest BCUT2D eigenvalue weighted by Crippen LogP contribution is 2.30. The van der Waals surface area contributed by atoms with Crippen molar-refractivity contribution in [3.63, 3.8) is 0 Å². The first-order valence-corrected chi connectivity index (χ1v) is 8.14. The van der Waals surface area contributed by atoms with Crippen molar-refractivity contribution < 1.29 is 32.5 Å². The van der Waals surface area contributed by atoms with Crippen molar-refractivity contribution in [3.8, 4) is 17.2 Å². The van der Waals surface area contributed by atoms with Gasteiger partial charge < -0.3 is 30.4 Å². The number of guanidine groups is 1. The Hall–Kier alpha value is -3.14. The van der Waals surface area contributed by atoms with Crippen LogP contribution in [0.4, 0.5) is 18.9 Å². The number of aliphatic hydroxyl groups is 1. The van der Waals surface area contributed by atoms with E-state index < -0.39 is 12.1 Å². The number of aliphatic hydroxyl groups excluding tert-OH is 1. The third kappa shape index (κ3) is 6.54. The predicted octanol–water partition coefficient (Wildman–Crippen LogP) is 2.89. The lowest BCUT2D eigenvalue weighted by Gasteiger charge is -2.14. The molecule has 10 heteroatoms. The van der Waals surface area contributed by atoms with Gasteiger partial charge in [-0.3, -0.25) is 0 Å². The number of halogens is 3. The SMILES string of the molecule is COc1cc(CN=C(N)Nc2ccccc2OC(F)(F)F)ccc1OCCO. The van der Waals surface area contributed by atoms with Gasteiger partial charge in [0.25, 0.3) is 0 Å². The van der Waals surface area contributed by atoms with Crippen LogP contribution in [0.1, 0.15) is 5.56 Å². The summed E-state index contributed by atoms with van der Waals surface area (Å²) < 4.78 is 51.9. The summed E-state index contributed by atoms with van der Waals surface area (Å²) in [5, 5.41) is 11.4. The van der Waals surface area contributed by atoms with E-state index in [1.165, 1.54) is 31.4 Å². The minimum Gasteiger partial charge on any atom is -0.493 e. The third-order valence-corrected chi connectivity index (χ3v) is 3.38. The molecule has 0 aliphatic heterocycles. The van der Waals surface area contributed by atoms with Crippen LogP contribution >= 0.6 is 0 Å². The number of anilines is 1. The number of nitrogens with zero attached hydrogens (tertiary/aromatic N) is 1. The molecular weight excluding hydrogens is 379 g/mol. The second-order valence-corrected chi connectivity index (χ2v) is 5.43. The summed E-state index contributed by atoms with van der Waals surface area (Å²) in [6.45, 7) is 0.152. The Balaban J connectivity index is 2.07. The van der Waals surface area contributed by atoms with E-state index in [4.69, 9.17) is 20.3 Å². The molecule has 0 bridgehead atoms. The first kappa shape index (κ1) is 21.2. The van der Waals surface area contributed by atoms with Crippen molar-refractivity contribution in [1.82, 2.24) is 0 Å². The van der Waals surface area contributed by atoms with E-state index in [2.05, 4.69) is 15.0 Å². The minimum atomic E-state index is -4.82. The lowest BCUT2D eigenvalue weighted by atomic mass is 10.2. The lowest BCUT2D eigenvalue weighted by Crippen LogP contribution is -2.24. The van der Waals surface area contributed by atoms with Crippen LogP contribution in [0.25, 0.3) is 0 Å². The Morgan fingerprint density at radius 1 is 1.14 bits per heavy atom. The summed E-state index contributed by atoms with van der Waals surface area (Å²) in [6.07, 6.45) is -4.82. The molecule has 2 rings (SSSR count). The average molecular weight is 399 g/mol. The largest absolute Gasteiger partial charge is 0.573 e. The summed E-state index contributed by atoms with van der Waals surface area (Å²) in [7, 11) is 1.47. The normalized spacial score (nSPS) is 11.8. The number of nitrogens with two attached hydrogens (primary N) is 1. The highest BCUT2D eigenvalue weighted by atomic mass is 19.4. The zero-order valence-corrected chi connectivity index (χ0v) is 15.0. The second kappa shape index (κ2) is 9.70. The summed E-state index contributed by atoms with van der Waals surface area (Å²) in [5.41, 5.74) is 6.54. The minimum absolute atomic E-state index is 0.0337. The first-order chi connectivity index (χ1) is 13.3. The molecule has 0 heterocycles. The molecule has 0 spiro atoms. The van der Waals surface area contributed by atoms with Crippen molar-refractivity contribution >= 4 is 11.6 Å². The van der Waals surface area contributed by atoms with Gasteiger partial charge in [-0.2, -0.15) is 0 Å². The van der Waals surface area contributed by atoms with Crippen molar-refractivity contribution in [3.05, 3.63) is 48.0 Å². The molecule has 0 saturated carbocycles. The van der Waals surface area contributed by atoms with Gasteiger partial charge in [-0.15, -0.1) is 13.2 Å². The zero-order valence-electron chi connectivity index (χ0n) is 15.0. The molecule has 0 aliphatic rings. The van der Waals surface area contributed by atoms with Gasteiger partial charge in [0.1, 0.15) is 6.61 Å². The van der Waals surface area contributed by atoms with Crippen LogP contribution < -0.4 is 25.3 Å². The molecule has 2 aromatic rings.